The Morgan fingerprint density at radius 2 is 2.11 bits per heavy atom. The number of carbonyl (C=O) groups excluding carboxylic acids is 1. The average Bonchev–Trinajstić information content (AvgIpc) is 3.37. The second-order valence-electron chi connectivity index (χ2n) is 5.99. The van der Waals surface area contributed by atoms with Gasteiger partial charge in [0.25, 0.3) is 5.91 Å². The van der Waals surface area contributed by atoms with Gasteiger partial charge in [0.05, 0.1) is 17.9 Å². The number of rotatable bonds is 5. The lowest BCUT2D eigenvalue weighted by molar-refractivity contribution is 0.0994. The van der Waals surface area contributed by atoms with Crippen LogP contribution >= 0.6 is 15.9 Å². The van der Waals surface area contributed by atoms with E-state index in [9.17, 15) is 4.79 Å². The highest BCUT2D eigenvalue weighted by atomic mass is 79.9. The molecule has 0 aliphatic heterocycles. The lowest BCUT2D eigenvalue weighted by Gasteiger charge is -2.08. The highest BCUT2D eigenvalue weighted by Gasteiger charge is 2.16. The Morgan fingerprint density at radius 1 is 1.22 bits per heavy atom. The van der Waals surface area contributed by atoms with Crippen LogP contribution in [0.5, 0.6) is 0 Å². The molecule has 8 heteroatoms. The van der Waals surface area contributed by atoms with Gasteiger partial charge in [-0.1, -0.05) is 22.0 Å². The van der Waals surface area contributed by atoms with Gasteiger partial charge in [-0.05, 0) is 43.3 Å². The summed E-state index contributed by atoms with van der Waals surface area (Å²) in [6.45, 7) is 2.34. The Hall–Kier alpha value is -3.13. The van der Waals surface area contributed by atoms with E-state index in [0.29, 0.717) is 18.1 Å². The van der Waals surface area contributed by atoms with Gasteiger partial charge in [0.15, 0.2) is 5.76 Å². The fourth-order valence-electron chi connectivity index (χ4n) is 2.71. The summed E-state index contributed by atoms with van der Waals surface area (Å²) in [5.41, 5.74) is 1.63. The number of aromatic nitrogens is 4. The topological polar surface area (TPSA) is 77.9 Å². The third-order valence-corrected chi connectivity index (χ3v) is 4.38. The second-order valence-corrected chi connectivity index (χ2v) is 6.90. The molecule has 27 heavy (non-hydrogen) atoms. The molecule has 4 aromatic rings. The largest absolute Gasteiger partial charge is 0.454 e. The van der Waals surface area contributed by atoms with Crippen LogP contribution in [-0.2, 0) is 6.54 Å². The van der Waals surface area contributed by atoms with Crippen molar-refractivity contribution in [2.24, 2.45) is 0 Å². The van der Waals surface area contributed by atoms with E-state index in [2.05, 4.69) is 31.4 Å². The maximum absolute atomic E-state index is 12.6. The molecule has 3 heterocycles. The van der Waals surface area contributed by atoms with Gasteiger partial charge in [-0.2, -0.15) is 10.2 Å². The number of hydrogen-bond donors (Lipinski definition) is 1. The molecule has 0 spiro atoms. The Kier molecular flexibility index (Phi) is 4.64. The smallest absolute Gasteiger partial charge is 0.292 e. The predicted molar refractivity (Wildman–Crippen MR) is 104 cm³/mol. The van der Waals surface area contributed by atoms with Crippen LogP contribution in [0.3, 0.4) is 0 Å². The van der Waals surface area contributed by atoms with Gasteiger partial charge in [-0.25, -0.2) is 4.68 Å². The molecule has 0 fully saturated rings. The molecule has 0 radical (unpaired) electrons. The third kappa shape index (κ3) is 3.85. The molecular weight excluding hydrogens is 410 g/mol. The van der Waals surface area contributed by atoms with E-state index in [4.69, 9.17) is 4.42 Å². The van der Waals surface area contributed by atoms with E-state index in [1.165, 1.54) is 0 Å². The first-order valence-corrected chi connectivity index (χ1v) is 9.08. The molecule has 0 bridgehead atoms. The molecule has 4 rings (SSSR count). The van der Waals surface area contributed by atoms with E-state index in [1.54, 1.807) is 27.7 Å². The van der Waals surface area contributed by atoms with Crippen LogP contribution in [0.25, 0.3) is 5.69 Å². The molecule has 0 unspecified atom stereocenters. The van der Waals surface area contributed by atoms with E-state index < -0.39 is 0 Å². The van der Waals surface area contributed by atoms with Crippen LogP contribution < -0.4 is 5.32 Å². The van der Waals surface area contributed by atoms with Crippen LogP contribution in [0.15, 0.2) is 69.8 Å². The zero-order valence-corrected chi connectivity index (χ0v) is 16.0. The number of halogens is 1. The van der Waals surface area contributed by atoms with Gasteiger partial charge in [0.2, 0.25) is 0 Å². The quantitative estimate of drug-likeness (QED) is 0.523. The van der Waals surface area contributed by atoms with Crippen molar-refractivity contribution in [3.63, 3.8) is 0 Å². The van der Waals surface area contributed by atoms with E-state index in [0.717, 1.165) is 15.9 Å². The normalized spacial score (nSPS) is 10.9. The number of benzene rings is 1. The van der Waals surface area contributed by atoms with Gasteiger partial charge < -0.3 is 9.73 Å². The van der Waals surface area contributed by atoms with Gasteiger partial charge >= 0.3 is 0 Å². The van der Waals surface area contributed by atoms with Crippen LogP contribution in [0.4, 0.5) is 5.82 Å². The van der Waals surface area contributed by atoms with E-state index >= 15 is 0 Å². The number of carbonyl (C=O) groups is 1. The fourth-order valence-corrected chi connectivity index (χ4v) is 3.10. The van der Waals surface area contributed by atoms with Crippen molar-refractivity contribution in [2.45, 2.75) is 13.5 Å². The summed E-state index contributed by atoms with van der Waals surface area (Å²) in [6.07, 6.45) is 3.53. The molecule has 7 nitrogen and oxygen atoms in total. The number of furan rings is 1. The van der Waals surface area contributed by atoms with Gasteiger partial charge in [-0.15, -0.1) is 0 Å². The fraction of sp³-hybridized carbons (Fsp3) is 0.105. The van der Waals surface area contributed by atoms with Crippen LogP contribution in [-0.4, -0.2) is 25.5 Å². The van der Waals surface area contributed by atoms with Gasteiger partial charge in [-0.3, -0.25) is 9.48 Å². The first-order valence-electron chi connectivity index (χ1n) is 8.28. The van der Waals surface area contributed by atoms with Crippen molar-refractivity contribution in [1.82, 2.24) is 19.6 Å². The first-order chi connectivity index (χ1) is 13.1. The Morgan fingerprint density at radius 3 is 2.89 bits per heavy atom. The molecule has 0 saturated carbocycles. The second kappa shape index (κ2) is 7.24. The lowest BCUT2D eigenvalue weighted by Crippen LogP contribution is -2.14. The van der Waals surface area contributed by atoms with E-state index in [1.807, 2.05) is 49.5 Å². The van der Waals surface area contributed by atoms with Crippen molar-refractivity contribution in [1.29, 1.82) is 0 Å². The maximum atomic E-state index is 12.6. The zero-order chi connectivity index (χ0) is 18.8. The van der Waals surface area contributed by atoms with Crippen molar-refractivity contribution in [2.75, 3.05) is 5.32 Å². The van der Waals surface area contributed by atoms with E-state index in [-0.39, 0.29) is 11.7 Å². The van der Waals surface area contributed by atoms with Crippen LogP contribution in [0.2, 0.25) is 0 Å². The molecule has 1 N–H and O–H groups in total. The number of amides is 1. The summed E-state index contributed by atoms with van der Waals surface area (Å²) in [7, 11) is 0. The lowest BCUT2D eigenvalue weighted by atomic mass is 10.3. The van der Waals surface area contributed by atoms with Crippen molar-refractivity contribution in [3.05, 3.63) is 82.6 Å². The molecule has 0 atom stereocenters. The summed E-state index contributed by atoms with van der Waals surface area (Å²) >= 11 is 3.45. The molecule has 0 aliphatic carbocycles. The minimum Gasteiger partial charge on any atom is -0.454 e. The van der Waals surface area contributed by atoms with Crippen molar-refractivity contribution >= 4 is 27.7 Å². The standard InChI is InChI=1S/C19H16BrN5O2/c1-13-10-18(25(23-13)15-5-2-4-14(20)11-15)22-19(26)17-7-6-16(27-17)12-24-9-3-8-21-24/h2-11H,12H2,1H3,(H,22,26). The SMILES string of the molecule is Cc1cc(NC(=O)c2ccc(Cn3cccn3)o2)n(-c2cccc(Br)c2)n1. The number of anilines is 1. The number of nitrogens with zero attached hydrogens (tertiary/aromatic N) is 4. The summed E-state index contributed by atoms with van der Waals surface area (Å²) in [5.74, 6) is 1.12. The summed E-state index contributed by atoms with van der Waals surface area (Å²) in [6, 6.07) is 14.8. The minimum absolute atomic E-state index is 0.233. The Bertz CT molecular complexity index is 1080. The van der Waals surface area contributed by atoms with Crippen LogP contribution in [0.1, 0.15) is 22.0 Å². The number of aryl methyl sites for hydroxylation is 1. The summed E-state index contributed by atoms with van der Waals surface area (Å²) in [5, 5.41) is 11.5. The predicted octanol–water partition coefficient (Wildman–Crippen LogP) is 4.03. The molecule has 136 valence electrons. The van der Waals surface area contributed by atoms with Crippen molar-refractivity contribution in [3.8, 4) is 5.69 Å². The molecular formula is C19H16BrN5O2. The zero-order valence-electron chi connectivity index (χ0n) is 14.5. The van der Waals surface area contributed by atoms with Gasteiger partial charge in [0.1, 0.15) is 11.6 Å². The van der Waals surface area contributed by atoms with Gasteiger partial charge in [0, 0.05) is 22.9 Å². The maximum Gasteiger partial charge on any atom is 0.292 e. The first kappa shape index (κ1) is 17.3. The Balaban J connectivity index is 1.54. The van der Waals surface area contributed by atoms with Crippen molar-refractivity contribution < 1.29 is 9.21 Å². The molecule has 1 amide bonds. The minimum atomic E-state index is -0.335. The summed E-state index contributed by atoms with van der Waals surface area (Å²) < 4.78 is 10.00. The van der Waals surface area contributed by atoms with Crippen LogP contribution in [0, 0.1) is 6.92 Å². The highest BCUT2D eigenvalue weighted by molar-refractivity contribution is 9.10. The Labute approximate surface area is 163 Å². The number of hydrogen-bond acceptors (Lipinski definition) is 4. The highest BCUT2D eigenvalue weighted by Crippen LogP contribution is 2.21. The molecule has 3 aromatic heterocycles. The molecule has 1 aromatic carbocycles. The summed E-state index contributed by atoms with van der Waals surface area (Å²) in [4.78, 5) is 12.6. The molecule has 0 saturated heterocycles. The monoisotopic (exact) mass is 425 g/mol. The number of nitrogens with one attached hydrogen (secondary N) is 1. The molecule has 0 aliphatic rings. The third-order valence-electron chi connectivity index (χ3n) is 3.89. The average molecular weight is 426 g/mol.